The SMILES string of the molecule is CCN1CCC[C@@H]1CNCc1ccccc1OCc1c(Cl)cccc1Cl. The minimum absolute atomic E-state index is 0.363. The van der Waals surface area contributed by atoms with Crippen molar-refractivity contribution < 1.29 is 4.74 Å². The highest BCUT2D eigenvalue weighted by Crippen LogP contribution is 2.27. The molecule has 2 aromatic rings. The number of nitrogens with one attached hydrogen (secondary N) is 1. The van der Waals surface area contributed by atoms with Crippen LogP contribution in [0.1, 0.15) is 30.9 Å². The molecule has 5 heteroatoms. The zero-order valence-corrected chi connectivity index (χ0v) is 16.7. The van der Waals surface area contributed by atoms with E-state index in [1.807, 2.05) is 36.4 Å². The van der Waals surface area contributed by atoms with Crippen LogP contribution in [-0.4, -0.2) is 30.6 Å². The Hall–Kier alpha value is -1.26. The van der Waals surface area contributed by atoms with Gasteiger partial charge in [-0.25, -0.2) is 0 Å². The van der Waals surface area contributed by atoms with Crippen LogP contribution < -0.4 is 10.1 Å². The maximum absolute atomic E-state index is 6.24. The van der Waals surface area contributed by atoms with Crippen LogP contribution in [-0.2, 0) is 13.2 Å². The van der Waals surface area contributed by atoms with Gasteiger partial charge in [0.25, 0.3) is 0 Å². The Labute approximate surface area is 166 Å². The molecular weight excluding hydrogens is 367 g/mol. The number of rotatable bonds is 8. The van der Waals surface area contributed by atoms with Gasteiger partial charge in [-0.3, -0.25) is 4.90 Å². The number of ether oxygens (including phenoxy) is 1. The number of halogens is 2. The third kappa shape index (κ3) is 4.92. The molecule has 0 aromatic heterocycles. The normalized spacial score (nSPS) is 17.6. The van der Waals surface area contributed by atoms with Crippen LogP contribution >= 0.6 is 23.2 Å². The lowest BCUT2D eigenvalue weighted by Crippen LogP contribution is -2.37. The second-order valence-electron chi connectivity index (χ2n) is 6.65. The Morgan fingerprint density at radius 2 is 1.88 bits per heavy atom. The first-order chi connectivity index (χ1) is 12.7. The van der Waals surface area contributed by atoms with Crippen molar-refractivity contribution in [3.63, 3.8) is 0 Å². The van der Waals surface area contributed by atoms with Crippen molar-refractivity contribution in [2.24, 2.45) is 0 Å². The van der Waals surface area contributed by atoms with Crippen molar-refractivity contribution in [1.82, 2.24) is 10.2 Å². The summed E-state index contributed by atoms with van der Waals surface area (Å²) in [6, 6.07) is 14.3. The summed E-state index contributed by atoms with van der Waals surface area (Å²) in [7, 11) is 0. The van der Waals surface area contributed by atoms with Crippen molar-refractivity contribution in [2.45, 2.75) is 39.0 Å². The number of hydrogen-bond acceptors (Lipinski definition) is 3. The van der Waals surface area contributed by atoms with Crippen LogP contribution in [0.3, 0.4) is 0 Å². The summed E-state index contributed by atoms with van der Waals surface area (Å²) >= 11 is 12.5. The van der Waals surface area contributed by atoms with Crippen LogP contribution in [0.2, 0.25) is 10.0 Å². The molecule has 3 nitrogen and oxygen atoms in total. The van der Waals surface area contributed by atoms with Crippen LogP contribution in [0.5, 0.6) is 5.75 Å². The number of benzene rings is 2. The van der Waals surface area contributed by atoms with Gasteiger partial charge in [0.1, 0.15) is 12.4 Å². The molecule has 0 bridgehead atoms. The van der Waals surface area contributed by atoms with E-state index in [-0.39, 0.29) is 0 Å². The molecule has 1 N–H and O–H groups in total. The summed E-state index contributed by atoms with van der Waals surface area (Å²) in [5.41, 5.74) is 1.97. The summed E-state index contributed by atoms with van der Waals surface area (Å²) in [6.07, 6.45) is 2.59. The predicted molar refractivity (Wildman–Crippen MR) is 109 cm³/mol. The fourth-order valence-electron chi connectivity index (χ4n) is 3.53. The van der Waals surface area contributed by atoms with E-state index in [0.717, 1.165) is 36.5 Å². The van der Waals surface area contributed by atoms with E-state index >= 15 is 0 Å². The highest BCUT2D eigenvalue weighted by atomic mass is 35.5. The lowest BCUT2D eigenvalue weighted by Gasteiger charge is -2.23. The Kier molecular flexibility index (Phi) is 7.21. The molecule has 3 rings (SSSR count). The van der Waals surface area contributed by atoms with Crippen molar-refractivity contribution in [3.05, 3.63) is 63.6 Å². The molecule has 1 heterocycles. The Morgan fingerprint density at radius 1 is 1.12 bits per heavy atom. The van der Waals surface area contributed by atoms with Crippen molar-refractivity contribution >= 4 is 23.2 Å². The van der Waals surface area contributed by atoms with Gasteiger partial charge in [0.15, 0.2) is 0 Å². The molecule has 0 amide bonds. The molecule has 26 heavy (non-hydrogen) atoms. The summed E-state index contributed by atoms with van der Waals surface area (Å²) in [5.74, 6) is 0.870. The number of likely N-dealkylation sites (N-methyl/N-ethyl adjacent to an activating group) is 1. The zero-order valence-electron chi connectivity index (χ0n) is 15.2. The molecule has 0 unspecified atom stereocenters. The molecule has 1 fully saturated rings. The minimum Gasteiger partial charge on any atom is -0.488 e. The van der Waals surface area contributed by atoms with Crippen LogP contribution in [0.25, 0.3) is 0 Å². The minimum atomic E-state index is 0.363. The van der Waals surface area contributed by atoms with E-state index in [4.69, 9.17) is 27.9 Å². The monoisotopic (exact) mass is 392 g/mol. The van der Waals surface area contributed by atoms with Gasteiger partial charge in [0.05, 0.1) is 0 Å². The molecule has 140 valence electrons. The third-order valence-electron chi connectivity index (χ3n) is 5.01. The maximum Gasteiger partial charge on any atom is 0.124 e. The number of para-hydroxylation sites is 1. The number of nitrogens with zero attached hydrogens (tertiary/aromatic N) is 1. The third-order valence-corrected chi connectivity index (χ3v) is 5.72. The van der Waals surface area contributed by atoms with Gasteiger partial charge in [0, 0.05) is 40.3 Å². The van der Waals surface area contributed by atoms with Crippen molar-refractivity contribution in [1.29, 1.82) is 0 Å². The Bertz CT molecular complexity index is 703. The zero-order chi connectivity index (χ0) is 18.4. The van der Waals surface area contributed by atoms with E-state index < -0.39 is 0 Å². The van der Waals surface area contributed by atoms with Crippen LogP contribution in [0.15, 0.2) is 42.5 Å². The number of hydrogen-bond donors (Lipinski definition) is 1. The average Bonchev–Trinajstić information content (AvgIpc) is 3.10. The maximum atomic E-state index is 6.24. The van der Waals surface area contributed by atoms with Gasteiger partial charge in [-0.15, -0.1) is 0 Å². The topological polar surface area (TPSA) is 24.5 Å². The molecule has 0 aliphatic carbocycles. The summed E-state index contributed by atoms with van der Waals surface area (Å²) in [4.78, 5) is 2.55. The Morgan fingerprint density at radius 3 is 2.65 bits per heavy atom. The highest BCUT2D eigenvalue weighted by molar-refractivity contribution is 6.35. The predicted octanol–water partition coefficient (Wildman–Crippen LogP) is 5.15. The van der Waals surface area contributed by atoms with E-state index in [1.54, 1.807) is 0 Å². The summed E-state index contributed by atoms with van der Waals surface area (Å²) in [6.45, 7) is 6.76. The van der Waals surface area contributed by atoms with Crippen molar-refractivity contribution in [2.75, 3.05) is 19.6 Å². The van der Waals surface area contributed by atoms with E-state index in [9.17, 15) is 0 Å². The molecule has 1 atom stereocenters. The molecule has 1 aliphatic rings. The lowest BCUT2D eigenvalue weighted by molar-refractivity contribution is 0.259. The molecule has 2 aromatic carbocycles. The molecule has 1 saturated heterocycles. The lowest BCUT2D eigenvalue weighted by atomic mass is 10.1. The molecular formula is C21H26Cl2N2O. The van der Waals surface area contributed by atoms with E-state index in [2.05, 4.69) is 23.2 Å². The first-order valence-electron chi connectivity index (χ1n) is 9.27. The van der Waals surface area contributed by atoms with E-state index in [1.165, 1.54) is 19.4 Å². The summed E-state index contributed by atoms with van der Waals surface area (Å²) < 4.78 is 6.03. The fourth-order valence-corrected chi connectivity index (χ4v) is 4.03. The first kappa shape index (κ1) is 19.5. The summed E-state index contributed by atoms with van der Waals surface area (Å²) in [5, 5.41) is 4.86. The van der Waals surface area contributed by atoms with Crippen molar-refractivity contribution in [3.8, 4) is 5.75 Å². The van der Waals surface area contributed by atoms with Gasteiger partial charge in [-0.05, 0) is 44.1 Å². The largest absolute Gasteiger partial charge is 0.488 e. The molecule has 1 aliphatic heterocycles. The highest BCUT2D eigenvalue weighted by Gasteiger charge is 2.22. The van der Waals surface area contributed by atoms with Crippen LogP contribution in [0.4, 0.5) is 0 Å². The van der Waals surface area contributed by atoms with Gasteiger partial charge in [-0.1, -0.05) is 54.4 Å². The Balaban J connectivity index is 1.58. The van der Waals surface area contributed by atoms with Crippen LogP contribution in [0, 0.1) is 0 Å². The second kappa shape index (κ2) is 9.61. The molecule has 0 saturated carbocycles. The van der Waals surface area contributed by atoms with Gasteiger partial charge in [-0.2, -0.15) is 0 Å². The van der Waals surface area contributed by atoms with Gasteiger partial charge >= 0.3 is 0 Å². The quantitative estimate of drug-likeness (QED) is 0.672. The first-order valence-corrected chi connectivity index (χ1v) is 10.0. The molecule has 0 radical (unpaired) electrons. The second-order valence-corrected chi connectivity index (χ2v) is 7.47. The smallest absolute Gasteiger partial charge is 0.124 e. The average molecular weight is 393 g/mol. The fraction of sp³-hybridized carbons (Fsp3) is 0.429. The van der Waals surface area contributed by atoms with E-state index in [0.29, 0.717) is 22.7 Å². The standard InChI is InChI=1S/C21H26Cl2N2O/c1-2-25-12-6-8-17(25)14-24-13-16-7-3-4-11-21(16)26-15-18-19(22)9-5-10-20(18)23/h3-5,7,9-11,17,24H,2,6,8,12-15H2,1H3/t17-/m1/s1. The molecule has 0 spiro atoms. The van der Waals surface area contributed by atoms with Gasteiger partial charge in [0.2, 0.25) is 0 Å². The van der Waals surface area contributed by atoms with Gasteiger partial charge < -0.3 is 10.1 Å². The number of likely N-dealkylation sites (tertiary alicyclic amines) is 1.